The summed E-state index contributed by atoms with van der Waals surface area (Å²) in [6.07, 6.45) is 1.17. The van der Waals surface area contributed by atoms with Gasteiger partial charge in [-0.25, -0.2) is 4.39 Å². The van der Waals surface area contributed by atoms with Gasteiger partial charge in [0.2, 0.25) is 0 Å². The molecule has 0 atom stereocenters. The summed E-state index contributed by atoms with van der Waals surface area (Å²) in [6, 6.07) is 6.04. The van der Waals surface area contributed by atoms with E-state index in [2.05, 4.69) is 0 Å². The van der Waals surface area contributed by atoms with Gasteiger partial charge in [0.15, 0.2) is 0 Å². The Hall–Kier alpha value is -0.970. The lowest BCUT2D eigenvalue weighted by Gasteiger charge is -2.34. The van der Waals surface area contributed by atoms with Gasteiger partial charge in [0.05, 0.1) is 18.8 Å². The van der Waals surface area contributed by atoms with Crippen molar-refractivity contribution in [1.29, 1.82) is 0 Å². The first kappa shape index (κ1) is 16.1. The fraction of sp³-hybridized carbons (Fsp3) is 0.600. The first-order valence-electron chi connectivity index (χ1n) is 6.42. The summed E-state index contributed by atoms with van der Waals surface area (Å²) in [5, 5.41) is 19.3. The highest BCUT2D eigenvalue weighted by Crippen LogP contribution is 2.32. The molecule has 1 rings (SSSR count). The normalized spacial score (nSPS) is 12.7. The average Bonchev–Trinajstić information content (AvgIpc) is 2.41. The van der Waals surface area contributed by atoms with Crippen LogP contribution in [0.15, 0.2) is 24.3 Å². The van der Waals surface area contributed by atoms with Crippen LogP contribution in [0.5, 0.6) is 0 Å². The molecule has 0 heterocycles. The largest absolute Gasteiger partial charge is 0.395 e. The van der Waals surface area contributed by atoms with Crippen molar-refractivity contribution >= 4 is 0 Å². The van der Waals surface area contributed by atoms with E-state index >= 15 is 0 Å². The van der Waals surface area contributed by atoms with E-state index in [-0.39, 0.29) is 24.6 Å². The number of ether oxygens (including phenoxy) is 1. The lowest BCUT2D eigenvalue weighted by Crippen LogP contribution is -2.37. The van der Waals surface area contributed by atoms with E-state index in [0.717, 1.165) is 0 Å². The summed E-state index contributed by atoms with van der Waals surface area (Å²) in [4.78, 5) is 0. The second kappa shape index (κ2) is 6.46. The maximum absolute atomic E-state index is 13.3. The highest BCUT2D eigenvalue weighted by Gasteiger charge is 2.33. The number of aliphatic hydroxyl groups is 2. The van der Waals surface area contributed by atoms with Gasteiger partial charge in [-0.15, -0.1) is 0 Å². The van der Waals surface area contributed by atoms with Crippen LogP contribution in [0.2, 0.25) is 0 Å². The van der Waals surface area contributed by atoms with Crippen molar-refractivity contribution in [1.82, 2.24) is 0 Å². The molecule has 0 fully saturated rings. The third kappa shape index (κ3) is 4.00. The minimum atomic E-state index is -0.835. The molecule has 19 heavy (non-hydrogen) atoms. The van der Waals surface area contributed by atoms with Crippen molar-refractivity contribution in [2.24, 2.45) is 0 Å². The van der Waals surface area contributed by atoms with E-state index in [9.17, 15) is 14.6 Å². The molecule has 0 radical (unpaired) electrons. The molecule has 0 unspecified atom stereocenters. The van der Waals surface area contributed by atoms with Crippen molar-refractivity contribution in [3.05, 3.63) is 35.6 Å². The molecule has 0 amide bonds. The fourth-order valence-corrected chi connectivity index (χ4v) is 2.00. The Kier molecular flexibility index (Phi) is 5.47. The summed E-state index contributed by atoms with van der Waals surface area (Å²) >= 11 is 0. The zero-order valence-corrected chi connectivity index (χ0v) is 11.8. The topological polar surface area (TPSA) is 49.7 Å². The van der Waals surface area contributed by atoms with Crippen LogP contribution in [-0.2, 0) is 10.2 Å². The van der Waals surface area contributed by atoms with Gasteiger partial charge < -0.3 is 14.9 Å². The van der Waals surface area contributed by atoms with Crippen LogP contribution in [0.1, 0.15) is 32.3 Å². The molecule has 0 aliphatic heterocycles. The van der Waals surface area contributed by atoms with Crippen molar-refractivity contribution in [3.8, 4) is 0 Å². The van der Waals surface area contributed by atoms with Crippen LogP contribution in [0, 0.1) is 5.82 Å². The van der Waals surface area contributed by atoms with Crippen molar-refractivity contribution < 1.29 is 19.3 Å². The lowest BCUT2D eigenvalue weighted by molar-refractivity contribution is 0.000203. The average molecular weight is 270 g/mol. The summed E-state index contributed by atoms with van der Waals surface area (Å²) in [6.45, 7) is 3.43. The van der Waals surface area contributed by atoms with Crippen LogP contribution in [0.3, 0.4) is 0 Å². The molecule has 0 bridgehead atoms. The zero-order valence-electron chi connectivity index (χ0n) is 11.8. The molecule has 1 aromatic rings. The van der Waals surface area contributed by atoms with Gasteiger partial charge in [0.25, 0.3) is 0 Å². The molecule has 0 aromatic heterocycles. The summed E-state index contributed by atoms with van der Waals surface area (Å²) < 4.78 is 18.7. The summed E-state index contributed by atoms with van der Waals surface area (Å²) in [5.74, 6) is -0.366. The van der Waals surface area contributed by atoms with Crippen LogP contribution in [-0.4, -0.2) is 36.1 Å². The number of hydrogen-bond donors (Lipinski definition) is 2. The molecule has 4 heteroatoms. The third-order valence-electron chi connectivity index (χ3n) is 3.80. The number of methoxy groups -OCH3 is 1. The molecule has 1 aromatic carbocycles. The molecule has 0 spiro atoms. The zero-order chi connectivity index (χ0) is 14.5. The Balaban J connectivity index is 2.97. The fourth-order valence-electron chi connectivity index (χ4n) is 2.00. The summed E-state index contributed by atoms with van der Waals surface area (Å²) in [7, 11) is 1.63. The Bertz CT molecular complexity index is 400. The molecule has 0 aliphatic rings. The standard InChI is InChI=1S/C15H23FO3/c1-14(2,19-3)7-8-15(10-17,11-18)12-5-4-6-13(16)9-12/h4-6,9,17-18H,7-8,10-11H2,1-3H3. The molecule has 2 N–H and O–H groups in total. The molecule has 3 nitrogen and oxygen atoms in total. The van der Waals surface area contributed by atoms with E-state index in [0.29, 0.717) is 18.4 Å². The molecule has 0 saturated heterocycles. The van der Waals surface area contributed by atoms with Gasteiger partial charge in [-0.2, -0.15) is 0 Å². The first-order valence-corrected chi connectivity index (χ1v) is 6.42. The monoisotopic (exact) mass is 270 g/mol. The molecular formula is C15H23FO3. The van der Waals surface area contributed by atoms with E-state index in [4.69, 9.17) is 4.74 Å². The van der Waals surface area contributed by atoms with Gasteiger partial charge in [0.1, 0.15) is 5.82 Å². The van der Waals surface area contributed by atoms with Crippen LogP contribution in [0.4, 0.5) is 4.39 Å². The number of halogens is 1. The maximum atomic E-state index is 13.3. The lowest BCUT2D eigenvalue weighted by atomic mass is 9.76. The van der Waals surface area contributed by atoms with E-state index < -0.39 is 5.41 Å². The molecule has 0 saturated carbocycles. The predicted octanol–water partition coefficient (Wildman–Crippen LogP) is 2.25. The quantitative estimate of drug-likeness (QED) is 0.799. The smallest absolute Gasteiger partial charge is 0.123 e. The van der Waals surface area contributed by atoms with Gasteiger partial charge in [0, 0.05) is 12.5 Å². The van der Waals surface area contributed by atoms with Crippen molar-refractivity contribution in [2.45, 2.75) is 37.7 Å². The Labute approximate surface area is 114 Å². The number of hydrogen-bond acceptors (Lipinski definition) is 3. The van der Waals surface area contributed by atoms with Crippen molar-refractivity contribution in [2.75, 3.05) is 20.3 Å². The second-order valence-electron chi connectivity index (χ2n) is 5.57. The van der Waals surface area contributed by atoms with Crippen LogP contribution in [0.25, 0.3) is 0 Å². The highest BCUT2D eigenvalue weighted by atomic mass is 19.1. The molecule has 108 valence electrons. The van der Waals surface area contributed by atoms with Crippen LogP contribution >= 0.6 is 0 Å². The SMILES string of the molecule is COC(C)(C)CCC(CO)(CO)c1cccc(F)c1. The van der Waals surface area contributed by atoms with E-state index in [1.54, 1.807) is 19.2 Å². The van der Waals surface area contributed by atoms with Crippen molar-refractivity contribution in [3.63, 3.8) is 0 Å². The predicted molar refractivity (Wildman–Crippen MR) is 72.6 cm³/mol. The van der Waals surface area contributed by atoms with E-state index in [1.807, 2.05) is 13.8 Å². The Morgan fingerprint density at radius 2 is 1.79 bits per heavy atom. The Morgan fingerprint density at radius 3 is 2.26 bits per heavy atom. The minimum absolute atomic E-state index is 0.229. The number of benzene rings is 1. The Morgan fingerprint density at radius 1 is 1.16 bits per heavy atom. The van der Waals surface area contributed by atoms with Gasteiger partial charge in [-0.05, 0) is 44.4 Å². The molecular weight excluding hydrogens is 247 g/mol. The minimum Gasteiger partial charge on any atom is -0.395 e. The molecule has 0 aliphatic carbocycles. The van der Waals surface area contributed by atoms with Gasteiger partial charge in [-0.1, -0.05) is 12.1 Å². The third-order valence-corrected chi connectivity index (χ3v) is 3.80. The van der Waals surface area contributed by atoms with Crippen LogP contribution < -0.4 is 0 Å². The van der Waals surface area contributed by atoms with E-state index in [1.165, 1.54) is 12.1 Å². The first-order chi connectivity index (χ1) is 8.89. The summed E-state index contributed by atoms with van der Waals surface area (Å²) in [5.41, 5.74) is -0.565. The number of aliphatic hydroxyl groups excluding tert-OH is 2. The highest BCUT2D eigenvalue weighted by molar-refractivity contribution is 5.26. The second-order valence-corrected chi connectivity index (χ2v) is 5.57. The number of rotatable bonds is 7. The van der Waals surface area contributed by atoms with Gasteiger partial charge >= 0.3 is 0 Å². The maximum Gasteiger partial charge on any atom is 0.123 e. The van der Waals surface area contributed by atoms with Gasteiger partial charge in [-0.3, -0.25) is 0 Å².